The minimum absolute atomic E-state index is 0.188. The number of nitrogens with zero attached hydrogens (tertiary/aromatic N) is 1. The van der Waals surface area contributed by atoms with Crippen molar-refractivity contribution in [3.05, 3.63) is 234 Å². The van der Waals surface area contributed by atoms with E-state index in [1.54, 1.807) is 0 Å². The van der Waals surface area contributed by atoms with Gasteiger partial charge >= 0.3 is 0 Å². The molecule has 0 amide bonds. The van der Waals surface area contributed by atoms with E-state index in [9.17, 15) is 0 Å². The molecule has 57 heavy (non-hydrogen) atoms. The molecule has 1 heteroatoms. The average Bonchev–Trinajstić information content (AvgIpc) is 3.94. The van der Waals surface area contributed by atoms with Crippen LogP contribution >= 0.6 is 0 Å². The van der Waals surface area contributed by atoms with E-state index in [-0.39, 0.29) is 5.92 Å². The monoisotopic (exact) mass is 723 g/mol. The number of aromatic nitrogens is 1. The molecule has 0 aliphatic heterocycles. The van der Waals surface area contributed by atoms with Crippen LogP contribution in [0.3, 0.4) is 0 Å². The zero-order valence-electron chi connectivity index (χ0n) is 31.4. The van der Waals surface area contributed by atoms with E-state index in [0.717, 1.165) is 6.42 Å². The zero-order chi connectivity index (χ0) is 37.5. The van der Waals surface area contributed by atoms with Gasteiger partial charge in [0, 0.05) is 27.9 Å². The molecule has 0 spiro atoms. The maximum Gasteiger partial charge on any atom is 0.0622 e. The summed E-state index contributed by atoms with van der Waals surface area (Å²) in [4.78, 5) is 0. The number of fused-ring (bicyclic) bond motifs is 10. The Balaban J connectivity index is 1.02. The lowest BCUT2D eigenvalue weighted by molar-refractivity contribution is 1.02. The quantitative estimate of drug-likeness (QED) is 0.167. The third-order valence-corrected chi connectivity index (χ3v) is 12.5. The van der Waals surface area contributed by atoms with E-state index in [1.807, 2.05) is 0 Å². The van der Waals surface area contributed by atoms with Crippen LogP contribution in [0.5, 0.6) is 0 Å². The van der Waals surface area contributed by atoms with Gasteiger partial charge < -0.3 is 4.57 Å². The van der Waals surface area contributed by atoms with Gasteiger partial charge in [-0.15, -0.1) is 0 Å². The maximum absolute atomic E-state index is 2.51. The normalized spacial score (nSPS) is 13.7. The highest BCUT2D eigenvalue weighted by Crippen LogP contribution is 2.50. The average molecular weight is 724 g/mol. The first kappa shape index (κ1) is 32.1. The Bertz CT molecular complexity index is 3190. The van der Waals surface area contributed by atoms with Crippen LogP contribution in [-0.2, 0) is 6.42 Å². The molecule has 12 rings (SSSR count). The van der Waals surface area contributed by atoms with Gasteiger partial charge in [-0.2, -0.15) is 0 Å². The molecule has 0 fully saturated rings. The van der Waals surface area contributed by atoms with Gasteiger partial charge in [0.25, 0.3) is 0 Å². The molecule has 1 atom stereocenters. The SMILES string of the molecule is c1ccc(-c2ccc(-n3c4ccc(-c5ccc6c(c5)-c5ccccc5C6c5cccc(-c6ccccc6)c5)cc4c4ccc5c(c43)-c3ccccc3C5)cc2)cc1. The Hall–Kier alpha value is -7.22. The fraction of sp³-hybridized carbons (Fsp3) is 0.0357. The molecule has 1 unspecified atom stereocenters. The summed E-state index contributed by atoms with van der Waals surface area (Å²) >= 11 is 0. The predicted octanol–water partition coefficient (Wildman–Crippen LogP) is 14.5. The molecule has 9 aromatic carbocycles. The summed E-state index contributed by atoms with van der Waals surface area (Å²) in [5.41, 5.74) is 23.4. The highest BCUT2D eigenvalue weighted by Gasteiger charge is 2.31. The van der Waals surface area contributed by atoms with Crippen LogP contribution in [0.15, 0.2) is 206 Å². The fourth-order valence-electron chi connectivity index (χ4n) is 9.87. The van der Waals surface area contributed by atoms with Crippen LogP contribution in [0, 0.1) is 0 Å². The molecule has 0 bridgehead atoms. The molecular formula is C56H37N. The highest BCUT2D eigenvalue weighted by molar-refractivity contribution is 6.16. The number of hydrogen-bond donors (Lipinski definition) is 0. The van der Waals surface area contributed by atoms with Crippen LogP contribution in [0.1, 0.15) is 33.7 Å². The van der Waals surface area contributed by atoms with Gasteiger partial charge in [0.15, 0.2) is 0 Å². The lowest BCUT2D eigenvalue weighted by atomic mass is 9.87. The summed E-state index contributed by atoms with van der Waals surface area (Å²) in [6.45, 7) is 0. The lowest BCUT2D eigenvalue weighted by Crippen LogP contribution is -1.99. The Kier molecular flexibility index (Phi) is 7.12. The van der Waals surface area contributed by atoms with Crippen molar-refractivity contribution in [2.45, 2.75) is 12.3 Å². The van der Waals surface area contributed by atoms with Crippen molar-refractivity contribution < 1.29 is 0 Å². The van der Waals surface area contributed by atoms with Gasteiger partial charge in [0.05, 0.1) is 11.0 Å². The van der Waals surface area contributed by atoms with E-state index in [4.69, 9.17) is 0 Å². The van der Waals surface area contributed by atoms with Crippen molar-refractivity contribution >= 4 is 21.8 Å². The molecule has 0 saturated carbocycles. The third kappa shape index (κ3) is 5.02. The molecule has 2 aliphatic rings. The first-order valence-corrected chi connectivity index (χ1v) is 20.0. The molecule has 0 radical (unpaired) electrons. The summed E-state index contributed by atoms with van der Waals surface area (Å²) < 4.78 is 2.51. The Labute approximate surface area is 332 Å². The molecule has 10 aromatic rings. The van der Waals surface area contributed by atoms with E-state index >= 15 is 0 Å². The summed E-state index contributed by atoms with van der Waals surface area (Å²) in [5, 5.41) is 2.57. The Morgan fingerprint density at radius 1 is 0.368 bits per heavy atom. The van der Waals surface area contributed by atoms with Crippen molar-refractivity contribution in [1.82, 2.24) is 4.57 Å². The highest BCUT2D eigenvalue weighted by atomic mass is 15.0. The van der Waals surface area contributed by atoms with E-state index < -0.39 is 0 Å². The second-order valence-electron chi connectivity index (χ2n) is 15.6. The molecule has 1 nitrogen and oxygen atoms in total. The minimum atomic E-state index is 0.188. The molecular weight excluding hydrogens is 687 g/mol. The lowest BCUT2D eigenvalue weighted by Gasteiger charge is -2.16. The second kappa shape index (κ2) is 12.7. The van der Waals surface area contributed by atoms with E-state index in [1.165, 1.54) is 111 Å². The number of hydrogen-bond acceptors (Lipinski definition) is 0. The topological polar surface area (TPSA) is 4.93 Å². The van der Waals surface area contributed by atoms with Crippen molar-refractivity contribution in [3.8, 4) is 61.3 Å². The van der Waals surface area contributed by atoms with Gasteiger partial charge in [0.2, 0.25) is 0 Å². The summed E-state index contributed by atoms with van der Waals surface area (Å²) in [7, 11) is 0. The van der Waals surface area contributed by atoms with Gasteiger partial charge in [-0.3, -0.25) is 0 Å². The largest absolute Gasteiger partial charge is 0.309 e. The minimum Gasteiger partial charge on any atom is -0.309 e. The first-order chi connectivity index (χ1) is 28.3. The maximum atomic E-state index is 2.51. The van der Waals surface area contributed by atoms with Crippen LogP contribution in [0.2, 0.25) is 0 Å². The molecule has 266 valence electrons. The predicted molar refractivity (Wildman–Crippen MR) is 238 cm³/mol. The molecule has 0 N–H and O–H groups in total. The van der Waals surface area contributed by atoms with Crippen LogP contribution in [0.4, 0.5) is 0 Å². The standard InChI is InChI=1S/C56H37N/c1-3-12-36(13-4-1)38-22-27-45(28-23-38)57-53-31-26-41(35-52(53)50-30-25-44-33-42-16-7-8-19-46(42)55(44)56(50)57)40-24-29-49-51(34-40)47-20-9-10-21-48(47)54(49)43-18-11-17-39(32-43)37-14-5-2-6-15-37/h1-32,34-35,54H,33H2. The van der Waals surface area contributed by atoms with Crippen molar-refractivity contribution in [1.29, 1.82) is 0 Å². The Morgan fingerprint density at radius 2 is 0.982 bits per heavy atom. The molecule has 1 heterocycles. The third-order valence-electron chi connectivity index (χ3n) is 12.5. The van der Waals surface area contributed by atoms with Crippen molar-refractivity contribution in [2.75, 3.05) is 0 Å². The summed E-state index contributed by atoms with van der Waals surface area (Å²) in [5.74, 6) is 0.188. The first-order valence-electron chi connectivity index (χ1n) is 20.0. The van der Waals surface area contributed by atoms with Crippen LogP contribution < -0.4 is 0 Å². The van der Waals surface area contributed by atoms with E-state index in [2.05, 4.69) is 211 Å². The number of rotatable bonds is 5. The zero-order valence-corrected chi connectivity index (χ0v) is 31.4. The molecule has 2 aliphatic carbocycles. The van der Waals surface area contributed by atoms with Crippen LogP contribution in [0.25, 0.3) is 83.1 Å². The Morgan fingerprint density at radius 3 is 1.81 bits per heavy atom. The summed E-state index contributed by atoms with van der Waals surface area (Å²) in [6.07, 6.45) is 0.968. The van der Waals surface area contributed by atoms with Gasteiger partial charge in [-0.1, -0.05) is 176 Å². The van der Waals surface area contributed by atoms with Crippen molar-refractivity contribution in [3.63, 3.8) is 0 Å². The van der Waals surface area contributed by atoms with Gasteiger partial charge in [-0.25, -0.2) is 0 Å². The summed E-state index contributed by atoms with van der Waals surface area (Å²) in [6, 6.07) is 76.6. The van der Waals surface area contributed by atoms with Gasteiger partial charge in [-0.05, 0) is 115 Å². The van der Waals surface area contributed by atoms with Gasteiger partial charge in [0.1, 0.15) is 0 Å². The van der Waals surface area contributed by atoms with Crippen LogP contribution in [-0.4, -0.2) is 4.57 Å². The smallest absolute Gasteiger partial charge is 0.0622 e. The fourth-order valence-corrected chi connectivity index (χ4v) is 9.87. The van der Waals surface area contributed by atoms with Crippen molar-refractivity contribution in [2.24, 2.45) is 0 Å². The number of benzene rings is 9. The molecule has 0 saturated heterocycles. The molecule has 1 aromatic heterocycles. The van der Waals surface area contributed by atoms with E-state index in [0.29, 0.717) is 0 Å². The second-order valence-corrected chi connectivity index (χ2v) is 15.6.